The first-order chi connectivity index (χ1) is 9.05. The zero-order valence-electron chi connectivity index (χ0n) is 14.1. The van der Waals surface area contributed by atoms with Crippen LogP contribution < -0.4 is 5.32 Å². The summed E-state index contributed by atoms with van der Waals surface area (Å²) < 4.78 is 5.52. The van der Waals surface area contributed by atoms with Crippen LogP contribution in [-0.4, -0.2) is 25.3 Å². The topological polar surface area (TPSA) is 21.3 Å². The van der Waals surface area contributed by atoms with Crippen LogP contribution in [0.2, 0.25) is 0 Å². The van der Waals surface area contributed by atoms with Crippen molar-refractivity contribution in [3.63, 3.8) is 0 Å². The van der Waals surface area contributed by atoms with Crippen molar-refractivity contribution in [1.29, 1.82) is 0 Å². The predicted octanol–water partition coefficient (Wildman–Crippen LogP) is 4.92. The fraction of sp³-hybridized carbons (Fsp3) is 1.00. The van der Waals surface area contributed by atoms with Crippen molar-refractivity contribution in [3.05, 3.63) is 0 Å². The van der Waals surface area contributed by atoms with Gasteiger partial charge in [0.2, 0.25) is 0 Å². The Morgan fingerprint density at radius 3 is 2.21 bits per heavy atom. The third-order valence-electron chi connectivity index (χ3n) is 3.99. The van der Waals surface area contributed by atoms with Gasteiger partial charge in [0, 0.05) is 13.2 Å². The van der Waals surface area contributed by atoms with Crippen molar-refractivity contribution in [3.8, 4) is 0 Å². The summed E-state index contributed by atoms with van der Waals surface area (Å²) in [6, 6.07) is 0.677. The molecule has 0 saturated heterocycles. The second kappa shape index (κ2) is 11.7. The van der Waals surface area contributed by atoms with Gasteiger partial charge in [0.15, 0.2) is 0 Å². The van der Waals surface area contributed by atoms with Crippen molar-refractivity contribution < 1.29 is 4.74 Å². The number of nitrogens with one attached hydrogen (secondary N) is 1. The molecule has 1 atom stereocenters. The standard InChI is InChI=1S/C17H37NO/c1-6-8-9-10-11-12-16(18-15-7-2)13-14-17(3,4)19-5/h16,18H,6-15H2,1-5H3. The van der Waals surface area contributed by atoms with Gasteiger partial charge in [-0.05, 0) is 46.1 Å². The average Bonchev–Trinajstić information content (AvgIpc) is 2.40. The van der Waals surface area contributed by atoms with E-state index in [1.165, 1.54) is 51.4 Å². The minimum Gasteiger partial charge on any atom is -0.379 e. The molecule has 116 valence electrons. The van der Waals surface area contributed by atoms with Gasteiger partial charge in [0.1, 0.15) is 0 Å². The van der Waals surface area contributed by atoms with Crippen LogP contribution >= 0.6 is 0 Å². The molecule has 0 heterocycles. The highest BCUT2D eigenvalue weighted by molar-refractivity contribution is 4.74. The lowest BCUT2D eigenvalue weighted by atomic mass is 9.95. The Bertz CT molecular complexity index is 192. The van der Waals surface area contributed by atoms with E-state index in [1.54, 1.807) is 0 Å². The third kappa shape index (κ3) is 11.4. The molecule has 2 nitrogen and oxygen atoms in total. The van der Waals surface area contributed by atoms with Crippen molar-refractivity contribution in [2.24, 2.45) is 0 Å². The van der Waals surface area contributed by atoms with Crippen LogP contribution in [0.3, 0.4) is 0 Å². The molecular weight excluding hydrogens is 234 g/mol. The van der Waals surface area contributed by atoms with Crippen LogP contribution in [-0.2, 0) is 4.74 Å². The van der Waals surface area contributed by atoms with E-state index in [-0.39, 0.29) is 5.60 Å². The summed E-state index contributed by atoms with van der Waals surface area (Å²) in [5.74, 6) is 0. The van der Waals surface area contributed by atoms with Crippen LogP contribution in [0.4, 0.5) is 0 Å². The van der Waals surface area contributed by atoms with Gasteiger partial charge in [-0.3, -0.25) is 0 Å². The number of methoxy groups -OCH3 is 1. The SMILES string of the molecule is CCCCCCCC(CCC(C)(C)OC)NCCC. The maximum atomic E-state index is 5.52. The molecule has 0 rings (SSSR count). The van der Waals surface area contributed by atoms with E-state index >= 15 is 0 Å². The number of ether oxygens (including phenoxy) is 1. The van der Waals surface area contributed by atoms with Gasteiger partial charge in [-0.2, -0.15) is 0 Å². The number of rotatable bonds is 13. The molecule has 0 bridgehead atoms. The lowest BCUT2D eigenvalue weighted by Crippen LogP contribution is -2.33. The molecule has 0 aliphatic carbocycles. The summed E-state index contributed by atoms with van der Waals surface area (Å²) in [6.07, 6.45) is 11.8. The summed E-state index contributed by atoms with van der Waals surface area (Å²) in [6.45, 7) is 10.0. The van der Waals surface area contributed by atoms with Crippen LogP contribution in [0.15, 0.2) is 0 Å². The van der Waals surface area contributed by atoms with Crippen LogP contribution in [0.5, 0.6) is 0 Å². The summed E-state index contributed by atoms with van der Waals surface area (Å²) in [5, 5.41) is 3.70. The van der Waals surface area contributed by atoms with E-state index in [9.17, 15) is 0 Å². The van der Waals surface area contributed by atoms with E-state index in [4.69, 9.17) is 4.74 Å². The molecule has 0 spiro atoms. The molecule has 0 aliphatic rings. The number of unbranched alkanes of at least 4 members (excludes halogenated alkanes) is 4. The van der Waals surface area contributed by atoms with E-state index < -0.39 is 0 Å². The average molecular weight is 271 g/mol. The molecule has 2 heteroatoms. The lowest BCUT2D eigenvalue weighted by molar-refractivity contribution is 0.0115. The molecule has 19 heavy (non-hydrogen) atoms. The quantitative estimate of drug-likeness (QED) is 0.480. The highest BCUT2D eigenvalue weighted by atomic mass is 16.5. The van der Waals surface area contributed by atoms with Gasteiger partial charge in [-0.1, -0.05) is 46.0 Å². The van der Waals surface area contributed by atoms with Crippen LogP contribution in [0.25, 0.3) is 0 Å². The monoisotopic (exact) mass is 271 g/mol. The van der Waals surface area contributed by atoms with Crippen molar-refractivity contribution >= 4 is 0 Å². The van der Waals surface area contributed by atoms with E-state index in [1.807, 2.05) is 7.11 Å². The zero-order valence-corrected chi connectivity index (χ0v) is 14.1. The largest absolute Gasteiger partial charge is 0.379 e. The first-order valence-corrected chi connectivity index (χ1v) is 8.34. The minimum absolute atomic E-state index is 0.0222. The van der Waals surface area contributed by atoms with Crippen molar-refractivity contribution in [2.75, 3.05) is 13.7 Å². The van der Waals surface area contributed by atoms with Gasteiger partial charge in [-0.25, -0.2) is 0 Å². The number of hydrogen-bond donors (Lipinski definition) is 1. The fourth-order valence-electron chi connectivity index (χ4n) is 2.32. The van der Waals surface area contributed by atoms with E-state index in [0.29, 0.717) is 6.04 Å². The minimum atomic E-state index is 0.0222. The smallest absolute Gasteiger partial charge is 0.0623 e. The van der Waals surface area contributed by atoms with Crippen LogP contribution in [0.1, 0.15) is 85.5 Å². The summed E-state index contributed by atoms with van der Waals surface area (Å²) in [5.41, 5.74) is 0.0222. The summed E-state index contributed by atoms with van der Waals surface area (Å²) in [4.78, 5) is 0. The maximum Gasteiger partial charge on any atom is 0.0623 e. The molecule has 0 aromatic rings. The Labute approximate surface area is 121 Å². The highest BCUT2D eigenvalue weighted by Crippen LogP contribution is 2.19. The molecule has 0 aromatic heterocycles. The van der Waals surface area contributed by atoms with Crippen molar-refractivity contribution in [2.45, 2.75) is 97.1 Å². The van der Waals surface area contributed by atoms with Crippen molar-refractivity contribution in [1.82, 2.24) is 5.32 Å². The Kier molecular flexibility index (Phi) is 11.7. The number of hydrogen-bond acceptors (Lipinski definition) is 2. The summed E-state index contributed by atoms with van der Waals surface area (Å²) >= 11 is 0. The van der Waals surface area contributed by atoms with Gasteiger partial charge >= 0.3 is 0 Å². The predicted molar refractivity (Wildman–Crippen MR) is 85.8 cm³/mol. The maximum absolute atomic E-state index is 5.52. The Balaban J connectivity index is 3.87. The Hall–Kier alpha value is -0.0800. The van der Waals surface area contributed by atoms with Gasteiger partial charge in [-0.15, -0.1) is 0 Å². The van der Waals surface area contributed by atoms with E-state index in [0.717, 1.165) is 13.0 Å². The Morgan fingerprint density at radius 1 is 0.947 bits per heavy atom. The molecular formula is C17H37NO. The third-order valence-corrected chi connectivity index (χ3v) is 3.99. The van der Waals surface area contributed by atoms with Gasteiger partial charge in [0.25, 0.3) is 0 Å². The first-order valence-electron chi connectivity index (χ1n) is 8.34. The van der Waals surface area contributed by atoms with Gasteiger partial charge in [0.05, 0.1) is 5.60 Å². The summed E-state index contributed by atoms with van der Waals surface area (Å²) in [7, 11) is 1.82. The second-order valence-electron chi connectivity index (χ2n) is 6.36. The second-order valence-corrected chi connectivity index (χ2v) is 6.36. The first kappa shape index (κ1) is 18.9. The van der Waals surface area contributed by atoms with E-state index in [2.05, 4.69) is 33.0 Å². The van der Waals surface area contributed by atoms with Gasteiger partial charge < -0.3 is 10.1 Å². The lowest BCUT2D eigenvalue weighted by Gasteiger charge is -2.26. The molecule has 1 unspecified atom stereocenters. The molecule has 0 saturated carbocycles. The molecule has 0 aromatic carbocycles. The van der Waals surface area contributed by atoms with Crippen LogP contribution in [0, 0.1) is 0 Å². The molecule has 0 amide bonds. The molecule has 0 radical (unpaired) electrons. The molecule has 0 aliphatic heterocycles. The highest BCUT2D eigenvalue weighted by Gasteiger charge is 2.18. The Morgan fingerprint density at radius 2 is 1.63 bits per heavy atom. The molecule has 0 fully saturated rings. The molecule has 1 N–H and O–H groups in total. The zero-order chi connectivity index (χ0) is 14.6. The normalized spacial score (nSPS) is 13.7. The fourth-order valence-corrected chi connectivity index (χ4v) is 2.32.